The van der Waals surface area contributed by atoms with Gasteiger partial charge >= 0.3 is 0 Å². The van der Waals surface area contributed by atoms with E-state index in [1.165, 1.54) is 11.3 Å². The maximum absolute atomic E-state index is 11.8. The number of hydrogen-bond acceptors (Lipinski definition) is 4. The molecule has 2 rings (SSSR count). The van der Waals surface area contributed by atoms with Crippen molar-refractivity contribution in [2.24, 2.45) is 5.41 Å². The van der Waals surface area contributed by atoms with Gasteiger partial charge in [0.2, 0.25) is 0 Å². The monoisotopic (exact) mass is 253 g/mol. The van der Waals surface area contributed by atoms with Crippen molar-refractivity contribution in [1.29, 1.82) is 0 Å². The Kier molecular flexibility index (Phi) is 3.79. The largest absolute Gasteiger partial charge is 0.350 e. The van der Waals surface area contributed by atoms with E-state index in [0.717, 1.165) is 32.5 Å². The number of rotatable bonds is 3. The summed E-state index contributed by atoms with van der Waals surface area (Å²) >= 11 is 1.45. The minimum atomic E-state index is -0.0496. The summed E-state index contributed by atoms with van der Waals surface area (Å²) in [5, 5.41) is 4.78. The van der Waals surface area contributed by atoms with Crippen LogP contribution in [0.15, 0.2) is 10.9 Å². The number of likely N-dealkylation sites (tertiary alicyclic amines) is 1. The topological polar surface area (TPSA) is 45.2 Å². The van der Waals surface area contributed by atoms with E-state index in [4.69, 9.17) is 0 Å². The van der Waals surface area contributed by atoms with E-state index in [0.29, 0.717) is 5.69 Å². The molecular weight excluding hydrogens is 234 g/mol. The highest BCUT2D eigenvalue weighted by atomic mass is 32.1. The number of aromatic nitrogens is 1. The van der Waals surface area contributed by atoms with Gasteiger partial charge in [0.05, 0.1) is 5.51 Å². The summed E-state index contributed by atoms with van der Waals surface area (Å²) in [6, 6.07) is 0. The fourth-order valence-corrected chi connectivity index (χ4v) is 2.58. The van der Waals surface area contributed by atoms with E-state index in [1.54, 1.807) is 10.9 Å². The lowest BCUT2D eigenvalue weighted by molar-refractivity contribution is 0.0887. The Morgan fingerprint density at radius 2 is 2.29 bits per heavy atom. The lowest BCUT2D eigenvalue weighted by Gasteiger charge is -2.37. The summed E-state index contributed by atoms with van der Waals surface area (Å²) in [4.78, 5) is 18.1. The van der Waals surface area contributed by atoms with Gasteiger partial charge in [-0.1, -0.05) is 6.92 Å². The van der Waals surface area contributed by atoms with Crippen molar-refractivity contribution < 1.29 is 4.79 Å². The molecule has 5 heteroatoms. The molecule has 1 amide bonds. The van der Waals surface area contributed by atoms with Crippen LogP contribution in [0.5, 0.6) is 0 Å². The summed E-state index contributed by atoms with van der Waals surface area (Å²) in [6.45, 7) is 5.23. The molecule has 94 valence electrons. The zero-order chi connectivity index (χ0) is 12.3. The second-order valence-corrected chi connectivity index (χ2v) is 5.89. The molecule has 0 atom stereocenters. The molecule has 2 heterocycles. The van der Waals surface area contributed by atoms with Gasteiger partial charge in [-0.15, -0.1) is 11.3 Å². The zero-order valence-electron chi connectivity index (χ0n) is 10.4. The van der Waals surface area contributed by atoms with Crippen LogP contribution in [0, 0.1) is 5.41 Å². The van der Waals surface area contributed by atoms with Crippen molar-refractivity contribution in [3.05, 3.63) is 16.6 Å². The molecule has 1 N–H and O–H groups in total. The van der Waals surface area contributed by atoms with E-state index in [9.17, 15) is 4.79 Å². The smallest absolute Gasteiger partial charge is 0.270 e. The second kappa shape index (κ2) is 5.14. The summed E-state index contributed by atoms with van der Waals surface area (Å²) in [5.41, 5.74) is 2.45. The van der Waals surface area contributed by atoms with E-state index in [1.807, 2.05) is 0 Å². The summed E-state index contributed by atoms with van der Waals surface area (Å²) in [7, 11) is 2.15. The van der Waals surface area contributed by atoms with Gasteiger partial charge in [-0.25, -0.2) is 4.98 Å². The first-order valence-electron chi connectivity index (χ1n) is 5.94. The van der Waals surface area contributed by atoms with Gasteiger partial charge in [0, 0.05) is 11.9 Å². The minimum absolute atomic E-state index is 0.0496. The number of amides is 1. The molecule has 0 spiro atoms. The Balaban J connectivity index is 1.83. The normalized spacial score (nSPS) is 20.1. The molecule has 1 aliphatic heterocycles. The molecule has 0 aromatic carbocycles. The van der Waals surface area contributed by atoms with Gasteiger partial charge in [-0.05, 0) is 38.4 Å². The van der Waals surface area contributed by atoms with E-state index in [2.05, 4.69) is 29.2 Å². The van der Waals surface area contributed by atoms with Gasteiger partial charge in [0.15, 0.2) is 0 Å². The van der Waals surface area contributed by atoms with Gasteiger partial charge in [0.1, 0.15) is 5.69 Å². The van der Waals surface area contributed by atoms with Crippen LogP contribution >= 0.6 is 11.3 Å². The van der Waals surface area contributed by atoms with Crippen molar-refractivity contribution in [3.8, 4) is 0 Å². The van der Waals surface area contributed by atoms with E-state index < -0.39 is 0 Å². The predicted octanol–water partition coefficient (Wildman–Crippen LogP) is 1.60. The quantitative estimate of drug-likeness (QED) is 0.890. The predicted molar refractivity (Wildman–Crippen MR) is 69.3 cm³/mol. The van der Waals surface area contributed by atoms with E-state index >= 15 is 0 Å². The molecular formula is C12H19N3OS. The highest BCUT2D eigenvalue weighted by Gasteiger charge is 2.29. The first kappa shape index (κ1) is 12.5. The molecule has 1 aliphatic rings. The van der Waals surface area contributed by atoms with Crippen LogP contribution in [0.2, 0.25) is 0 Å². The Bertz CT molecular complexity index is 369. The van der Waals surface area contributed by atoms with Crippen LogP contribution in [0.4, 0.5) is 0 Å². The highest BCUT2D eigenvalue weighted by Crippen LogP contribution is 2.29. The first-order chi connectivity index (χ1) is 8.09. The average molecular weight is 253 g/mol. The van der Waals surface area contributed by atoms with Crippen molar-refractivity contribution in [2.75, 3.05) is 26.7 Å². The first-order valence-corrected chi connectivity index (χ1v) is 6.88. The van der Waals surface area contributed by atoms with Crippen LogP contribution in [0.1, 0.15) is 30.3 Å². The lowest BCUT2D eigenvalue weighted by atomic mass is 9.80. The molecule has 0 bridgehead atoms. The molecule has 0 radical (unpaired) electrons. The van der Waals surface area contributed by atoms with Crippen LogP contribution in [0.3, 0.4) is 0 Å². The summed E-state index contributed by atoms with van der Waals surface area (Å²) in [5.74, 6) is -0.0496. The SMILES string of the molecule is CN1CCC(C)(CNC(=O)c2cscn2)CC1. The summed E-state index contributed by atoms with van der Waals surface area (Å²) < 4.78 is 0. The maximum atomic E-state index is 11.8. The highest BCUT2D eigenvalue weighted by molar-refractivity contribution is 7.07. The number of carbonyl (C=O) groups is 1. The van der Waals surface area contributed by atoms with Crippen LogP contribution < -0.4 is 5.32 Å². The van der Waals surface area contributed by atoms with Gasteiger partial charge in [-0.2, -0.15) is 0 Å². The maximum Gasteiger partial charge on any atom is 0.270 e. The number of nitrogens with one attached hydrogen (secondary N) is 1. The van der Waals surface area contributed by atoms with Crippen molar-refractivity contribution in [2.45, 2.75) is 19.8 Å². The molecule has 17 heavy (non-hydrogen) atoms. The van der Waals surface area contributed by atoms with E-state index in [-0.39, 0.29) is 11.3 Å². The molecule has 1 aromatic heterocycles. The third kappa shape index (κ3) is 3.26. The third-order valence-electron chi connectivity index (χ3n) is 3.53. The van der Waals surface area contributed by atoms with Crippen LogP contribution in [0.25, 0.3) is 0 Å². The van der Waals surface area contributed by atoms with Crippen LogP contribution in [-0.4, -0.2) is 42.5 Å². The molecule has 4 nitrogen and oxygen atoms in total. The third-order valence-corrected chi connectivity index (χ3v) is 4.12. The number of thiazole rings is 1. The second-order valence-electron chi connectivity index (χ2n) is 5.17. The standard InChI is InChI=1S/C12H19N3OS/c1-12(3-5-15(2)6-4-12)8-13-11(16)10-7-17-9-14-10/h7,9H,3-6,8H2,1-2H3,(H,13,16). The molecule has 1 aromatic rings. The number of piperidine rings is 1. The molecule has 0 saturated carbocycles. The van der Waals surface area contributed by atoms with Gasteiger partial charge in [0.25, 0.3) is 5.91 Å². The lowest BCUT2D eigenvalue weighted by Crippen LogP contribution is -2.43. The number of carbonyl (C=O) groups excluding carboxylic acids is 1. The molecule has 0 unspecified atom stereocenters. The fourth-order valence-electron chi connectivity index (χ4n) is 2.04. The van der Waals surface area contributed by atoms with Crippen molar-refractivity contribution in [1.82, 2.24) is 15.2 Å². The average Bonchev–Trinajstić information content (AvgIpc) is 2.84. The minimum Gasteiger partial charge on any atom is -0.350 e. The molecule has 0 aliphatic carbocycles. The number of hydrogen-bond donors (Lipinski definition) is 1. The number of nitrogens with zero attached hydrogens (tertiary/aromatic N) is 2. The Labute approximate surface area is 106 Å². The molecule has 1 fully saturated rings. The summed E-state index contributed by atoms with van der Waals surface area (Å²) in [6.07, 6.45) is 2.28. The Morgan fingerprint density at radius 1 is 1.59 bits per heavy atom. The Morgan fingerprint density at radius 3 is 2.88 bits per heavy atom. The molecule has 1 saturated heterocycles. The Hall–Kier alpha value is -0.940. The van der Waals surface area contributed by atoms with Gasteiger partial charge < -0.3 is 10.2 Å². The zero-order valence-corrected chi connectivity index (χ0v) is 11.2. The van der Waals surface area contributed by atoms with Gasteiger partial charge in [-0.3, -0.25) is 4.79 Å². The fraction of sp³-hybridized carbons (Fsp3) is 0.667. The van der Waals surface area contributed by atoms with Crippen molar-refractivity contribution in [3.63, 3.8) is 0 Å². The van der Waals surface area contributed by atoms with Crippen LogP contribution in [-0.2, 0) is 0 Å². The van der Waals surface area contributed by atoms with Crippen molar-refractivity contribution >= 4 is 17.2 Å².